The zero-order valence-electron chi connectivity index (χ0n) is 12.1. The van der Waals surface area contributed by atoms with Gasteiger partial charge in [0.25, 0.3) is 0 Å². The number of hydrogen-bond acceptors (Lipinski definition) is 2. The van der Waals surface area contributed by atoms with Crippen molar-refractivity contribution in [2.45, 2.75) is 19.9 Å². The molecule has 0 saturated carbocycles. The summed E-state index contributed by atoms with van der Waals surface area (Å²) in [6.45, 7) is 5.16. The third kappa shape index (κ3) is 3.17. The van der Waals surface area contributed by atoms with E-state index in [1.54, 1.807) is 6.07 Å². The molecule has 0 amide bonds. The van der Waals surface area contributed by atoms with Gasteiger partial charge in [-0.05, 0) is 42.3 Å². The van der Waals surface area contributed by atoms with Gasteiger partial charge in [0.1, 0.15) is 0 Å². The first kappa shape index (κ1) is 14.5. The van der Waals surface area contributed by atoms with E-state index in [0.29, 0.717) is 6.04 Å². The van der Waals surface area contributed by atoms with Crippen LogP contribution in [0.5, 0.6) is 5.75 Å². The molecule has 20 heavy (non-hydrogen) atoms. The van der Waals surface area contributed by atoms with Gasteiger partial charge in [0, 0.05) is 6.04 Å². The van der Waals surface area contributed by atoms with Gasteiger partial charge in [0.15, 0.2) is 11.6 Å². The monoisotopic (exact) mass is 273 g/mol. The van der Waals surface area contributed by atoms with Crippen LogP contribution in [0, 0.1) is 5.82 Å². The molecule has 0 aliphatic heterocycles. The van der Waals surface area contributed by atoms with Crippen molar-refractivity contribution in [3.8, 4) is 16.9 Å². The molecule has 1 unspecified atom stereocenters. The van der Waals surface area contributed by atoms with Crippen molar-refractivity contribution in [1.82, 2.24) is 5.32 Å². The first-order chi connectivity index (χ1) is 9.65. The number of rotatable bonds is 5. The highest BCUT2D eigenvalue weighted by atomic mass is 19.1. The quantitative estimate of drug-likeness (QED) is 0.882. The molecule has 2 aromatic carbocycles. The van der Waals surface area contributed by atoms with Crippen molar-refractivity contribution in [3.63, 3.8) is 0 Å². The van der Waals surface area contributed by atoms with E-state index in [2.05, 4.69) is 31.3 Å². The molecule has 0 aliphatic rings. The maximum atomic E-state index is 13.7. The largest absolute Gasteiger partial charge is 0.494 e. The summed E-state index contributed by atoms with van der Waals surface area (Å²) >= 11 is 0. The predicted octanol–water partition coefficient (Wildman–Crippen LogP) is 4.17. The van der Waals surface area contributed by atoms with Crippen LogP contribution < -0.4 is 10.1 Å². The summed E-state index contributed by atoms with van der Waals surface area (Å²) in [6, 6.07) is 13.5. The lowest BCUT2D eigenvalue weighted by atomic mass is 10.0. The van der Waals surface area contributed by atoms with E-state index in [0.717, 1.165) is 17.7 Å². The average molecular weight is 273 g/mol. The number of benzene rings is 2. The molecule has 106 valence electrons. The lowest BCUT2D eigenvalue weighted by Gasteiger charge is -2.13. The summed E-state index contributed by atoms with van der Waals surface area (Å²) in [4.78, 5) is 0. The molecule has 1 N–H and O–H groups in total. The predicted molar refractivity (Wildman–Crippen MR) is 80.5 cm³/mol. The molecule has 0 heterocycles. The Balaban J connectivity index is 2.23. The summed E-state index contributed by atoms with van der Waals surface area (Å²) in [5, 5.41) is 3.37. The SMILES string of the molecule is CCNC(C)c1ccc(-c2ccc(OC)c(F)c2)cc1. The zero-order valence-corrected chi connectivity index (χ0v) is 12.1. The first-order valence-electron chi connectivity index (χ1n) is 6.83. The minimum atomic E-state index is -0.338. The Morgan fingerprint density at radius 3 is 2.30 bits per heavy atom. The Labute approximate surface area is 119 Å². The molecule has 0 saturated heterocycles. The Morgan fingerprint density at radius 2 is 1.75 bits per heavy atom. The van der Waals surface area contributed by atoms with Crippen LogP contribution >= 0.6 is 0 Å². The molecule has 0 aromatic heterocycles. The molecule has 0 radical (unpaired) electrons. The second-order valence-electron chi connectivity index (χ2n) is 4.75. The summed E-state index contributed by atoms with van der Waals surface area (Å²) in [6.07, 6.45) is 0. The van der Waals surface area contributed by atoms with Gasteiger partial charge in [-0.1, -0.05) is 37.3 Å². The van der Waals surface area contributed by atoms with Crippen LogP contribution in [0.3, 0.4) is 0 Å². The fraction of sp³-hybridized carbons (Fsp3) is 0.294. The van der Waals surface area contributed by atoms with Crippen molar-refractivity contribution in [2.75, 3.05) is 13.7 Å². The second-order valence-corrected chi connectivity index (χ2v) is 4.75. The zero-order chi connectivity index (χ0) is 14.5. The molecule has 0 aliphatic carbocycles. The van der Waals surface area contributed by atoms with Crippen LogP contribution in [-0.2, 0) is 0 Å². The molecule has 2 nitrogen and oxygen atoms in total. The highest BCUT2D eigenvalue weighted by molar-refractivity contribution is 5.64. The van der Waals surface area contributed by atoms with Gasteiger partial charge in [-0.2, -0.15) is 0 Å². The maximum Gasteiger partial charge on any atom is 0.165 e. The smallest absolute Gasteiger partial charge is 0.165 e. The molecular weight excluding hydrogens is 253 g/mol. The first-order valence-corrected chi connectivity index (χ1v) is 6.83. The van der Waals surface area contributed by atoms with Crippen molar-refractivity contribution in [3.05, 3.63) is 53.8 Å². The molecule has 2 rings (SSSR count). The Kier molecular flexibility index (Phi) is 4.74. The van der Waals surface area contributed by atoms with E-state index in [1.165, 1.54) is 18.7 Å². The molecule has 0 fully saturated rings. The van der Waals surface area contributed by atoms with E-state index in [1.807, 2.05) is 18.2 Å². The lowest BCUT2D eigenvalue weighted by molar-refractivity contribution is 0.386. The Bertz CT molecular complexity index is 566. The van der Waals surface area contributed by atoms with E-state index in [9.17, 15) is 4.39 Å². The maximum absolute atomic E-state index is 13.7. The van der Waals surface area contributed by atoms with Gasteiger partial charge in [-0.25, -0.2) is 4.39 Å². The van der Waals surface area contributed by atoms with Crippen LogP contribution in [-0.4, -0.2) is 13.7 Å². The minimum Gasteiger partial charge on any atom is -0.494 e. The molecule has 3 heteroatoms. The minimum absolute atomic E-state index is 0.270. The standard InChI is InChI=1S/C17H20FNO/c1-4-19-12(2)13-5-7-14(8-6-13)15-9-10-17(20-3)16(18)11-15/h5-12,19H,4H2,1-3H3. The van der Waals surface area contributed by atoms with Gasteiger partial charge in [0.05, 0.1) is 7.11 Å². The lowest BCUT2D eigenvalue weighted by Crippen LogP contribution is -2.17. The van der Waals surface area contributed by atoms with E-state index in [4.69, 9.17) is 4.74 Å². The fourth-order valence-electron chi connectivity index (χ4n) is 2.23. The van der Waals surface area contributed by atoms with E-state index in [-0.39, 0.29) is 11.6 Å². The van der Waals surface area contributed by atoms with Gasteiger partial charge >= 0.3 is 0 Å². The summed E-state index contributed by atoms with van der Waals surface area (Å²) in [7, 11) is 1.47. The number of halogens is 1. The number of nitrogens with one attached hydrogen (secondary N) is 1. The number of hydrogen-bond donors (Lipinski definition) is 1. The van der Waals surface area contributed by atoms with Crippen molar-refractivity contribution in [1.29, 1.82) is 0 Å². The van der Waals surface area contributed by atoms with Crippen LogP contribution in [0.2, 0.25) is 0 Å². The summed E-state index contributed by atoms with van der Waals surface area (Å²) in [5.74, 6) is -0.0683. The molecular formula is C17H20FNO. The Morgan fingerprint density at radius 1 is 1.10 bits per heavy atom. The molecule has 2 aromatic rings. The van der Waals surface area contributed by atoms with Gasteiger partial charge in [-0.15, -0.1) is 0 Å². The number of ether oxygens (including phenoxy) is 1. The third-order valence-corrected chi connectivity index (χ3v) is 3.41. The Hall–Kier alpha value is -1.87. The number of methoxy groups -OCH3 is 1. The van der Waals surface area contributed by atoms with Gasteiger partial charge < -0.3 is 10.1 Å². The molecule has 1 atom stereocenters. The fourth-order valence-corrected chi connectivity index (χ4v) is 2.23. The highest BCUT2D eigenvalue weighted by Crippen LogP contribution is 2.26. The molecule has 0 spiro atoms. The highest BCUT2D eigenvalue weighted by Gasteiger charge is 2.07. The van der Waals surface area contributed by atoms with Gasteiger partial charge in [0.2, 0.25) is 0 Å². The van der Waals surface area contributed by atoms with Crippen LogP contribution in [0.4, 0.5) is 4.39 Å². The third-order valence-electron chi connectivity index (χ3n) is 3.41. The summed E-state index contributed by atoms with van der Waals surface area (Å²) in [5.41, 5.74) is 3.08. The van der Waals surface area contributed by atoms with Crippen LogP contribution in [0.15, 0.2) is 42.5 Å². The normalized spacial score (nSPS) is 12.2. The van der Waals surface area contributed by atoms with Crippen molar-refractivity contribution >= 4 is 0 Å². The van der Waals surface area contributed by atoms with Gasteiger partial charge in [-0.3, -0.25) is 0 Å². The van der Waals surface area contributed by atoms with E-state index >= 15 is 0 Å². The molecule has 0 bridgehead atoms. The van der Waals surface area contributed by atoms with Crippen molar-refractivity contribution < 1.29 is 9.13 Å². The topological polar surface area (TPSA) is 21.3 Å². The van der Waals surface area contributed by atoms with Crippen molar-refractivity contribution in [2.24, 2.45) is 0 Å². The van der Waals surface area contributed by atoms with Crippen LogP contribution in [0.1, 0.15) is 25.5 Å². The average Bonchev–Trinajstić information content (AvgIpc) is 2.47. The second kappa shape index (κ2) is 6.53. The summed E-state index contributed by atoms with van der Waals surface area (Å²) < 4.78 is 18.6. The van der Waals surface area contributed by atoms with E-state index < -0.39 is 0 Å². The van der Waals surface area contributed by atoms with Crippen LogP contribution in [0.25, 0.3) is 11.1 Å².